The lowest BCUT2D eigenvalue weighted by atomic mass is 9.68. The van der Waals surface area contributed by atoms with Gasteiger partial charge in [-0.3, -0.25) is 4.79 Å². The molecule has 100 valence electrons. The van der Waals surface area contributed by atoms with Crippen molar-refractivity contribution in [3.05, 3.63) is 12.2 Å². The number of rotatable bonds is 3. The summed E-state index contributed by atoms with van der Waals surface area (Å²) in [5.41, 5.74) is 0.447. The molecular weight excluding hydrogens is 238 g/mol. The molecule has 0 aromatic rings. The second kappa shape index (κ2) is 4.38. The molecule has 2 saturated carbocycles. The molecule has 2 aliphatic carbocycles. The van der Waals surface area contributed by atoms with E-state index in [0.717, 1.165) is 24.8 Å². The van der Waals surface area contributed by atoms with Crippen LogP contribution in [0.4, 0.5) is 0 Å². The Morgan fingerprint density at radius 2 is 2.00 bits per heavy atom. The fourth-order valence-corrected chi connectivity index (χ4v) is 3.79. The number of amides is 1. The van der Waals surface area contributed by atoms with Gasteiger partial charge in [-0.15, -0.1) is 0 Å². The summed E-state index contributed by atoms with van der Waals surface area (Å²) in [4.78, 5) is 14.1. The van der Waals surface area contributed by atoms with Crippen molar-refractivity contribution in [2.24, 2.45) is 16.7 Å². The van der Waals surface area contributed by atoms with Gasteiger partial charge in [-0.2, -0.15) is 10.5 Å². The Morgan fingerprint density at radius 3 is 2.42 bits per heavy atom. The molecule has 0 spiro atoms. The molecule has 0 aromatic heterocycles. The Balaban J connectivity index is 2.31. The number of carbonyl (C=O) groups is 1. The molecule has 2 aliphatic rings. The van der Waals surface area contributed by atoms with E-state index in [9.17, 15) is 4.79 Å². The van der Waals surface area contributed by atoms with Crippen LogP contribution in [0.3, 0.4) is 0 Å². The second-order valence-corrected chi connectivity index (χ2v) is 6.20. The van der Waals surface area contributed by atoms with E-state index >= 15 is 0 Å². The van der Waals surface area contributed by atoms with Crippen LogP contribution < -0.4 is 0 Å². The second-order valence-electron chi connectivity index (χ2n) is 6.20. The molecule has 0 heterocycles. The first-order valence-corrected chi connectivity index (χ1v) is 6.63. The van der Waals surface area contributed by atoms with E-state index in [0.29, 0.717) is 5.92 Å². The first-order chi connectivity index (χ1) is 8.90. The summed E-state index contributed by atoms with van der Waals surface area (Å²) < 4.78 is 0. The molecule has 2 rings (SSSR count). The first kappa shape index (κ1) is 13.6. The van der Waals surface area contributed by atoms with E-state index in [2.05, 4.69) is 20.4 Å². The molecule has 19 heavy (non-hydrogen) atoms. The minimum absolute atomic E-state index is 0.0150. The van der Waals surface area contributed by atoms with Crippen molar-refractivity contribution in [3.8, 4) is 12.1 Å². The molecule has 4 heteroatoms. The largest absolute Gasteiger partial charge is 0.315 e. The molecule has 1 amide bonds. The summed E-state index contributed by atoms with van der Waals surface area (Å²) in [6, 6.07) is 3.94. The van der Waals surface area contributed by atoms with Crippen LogP contribution in [0.25, 0.3) is 0 Å². The lowest BCUT2D eigenvalue weighted by Gasteiger charge is -2.38. The van der Waals surface area contributed by atoms with Crippen LogP contribution in [0.15, 0.2) is 12.2 Å². The van der Waals surface area contributed by atoms with Crippen molar-refractivity contribution in [2.45, 2.75) is 33.1 Å². The fraction of sp³-hybridized carbons (Fsp3) is 0.667. The highest BCUT2D eigenvalue weighted by atomic mass is 16.2. The summed E-state index contributed by atoms with van der Waals surface area (Å²) in [6.07, 6.45) is 2.67. The normalized spacial score (nSPS) is 30.7. The summed E-state index contributed by atoms with van der Waals surface area (Å²) in [7, 11) is 0. The van der Waals surface area contributed by atoms with Gasteiger partial charge in [0.15, 0.2) is 0 Å². The van der Waals surface area contributed by atoms with Crippen LogP contribution in [0.2, 0.25) is 0 Å². The van der Waals surface area contributed by atoms with Gasteiger partial charge in [0.2, 0.25) is 5.91 Å². The molecule has 0 saturated heterocycles. The van der Waals surface area contributed by atoms with Gasteiger partial charge in [0.05, 0.1) is 17.6 Å². The van der Waals surface area contributed by atoms with Crippen LogP contribution >= 0.6 is 0 Å². The van der Waals surface area contributed by atoms with Gasteiger partial charge in [0.25, 0.3) is 0 Å². The van der Waals surface area contributed by atoms with Gasteiger partial charge in [0, 0.05) is 0 Å². The predicted molar refractivity (Wildman–Crippen MR) is 70.5 cm³/mol. The molecule has 0 radical (unpaired) electrons. The van der Waals surface area contributed by atoms with E-state index in [1.807, 2.05) is 12.1 Å². The molecule has 2 atom stereocenters. The maximum Gasteiger partial charge on any atom is 0.234 e. The lowest BCUT2D eigenvalue weighted by Crippen LogP contribution is -2.44. The summed E-state index contributed by atoms with van der Waals surface area (Å²) in [5, 5.41) is 17.6. The van der Waals surface area contributed by atoms with E-state index in [1.165, 1.54) is 4.90 Å². The van der Waals surface area contributed by atoms with Crippen LogP contribution in [-0.4, -0.2) is 23.9 Å². The van der Waals surface area contributed by atoms with E-state index < -0.39 is 5.41 Å². The Hall–Kier alpha value is -1.81. The molecular formula is C15H19N3O. The topological polar surface area (TPSA) is 67.9 Å². The molecule has 4 nitrogen and oxygen atoms in total. The van der Waals surface area contributed by atoms with Gasteiger partial charge in [-0.05, 0) is 30.6 Å². The Morgan fingerprint density at radius 1 is 1.42 bits per heavy atom. The fourth-order valence-electron chi connectivity index (χ4n) is 3.79. The molecule has 0 unspecified atom stereocenters. The highest BCUT2D eigenvalue weighted by molar-refractivity contribution is 5.88. The molecule has 0 N–H and O–H groups in total. The first-order valence-electron chi connectivity index (χ1n) is 6.63. The van der Waals surface area contributed by atoms with Crippen molar-refractivity contribution >= 4 is 5.91 Å². The third-order valence-corrected chi connectivity index (χ3v) is 5.11. The highest BCUT2D eigenvalue weighted by Crippen LogP contribution is 2.65. The SMILES string of the molecule is C=C1C(C)(C)[C@H]2CC[C@]1(C(=O)N(CC#N)CC#N)C2. The Labute approximate surface area is 114 Å². The van der Waals surface area contributed by atoms with Crippen LogP contribution in [0.5, 0.6) is 0 Å². The molecule has 2 bridgehead atoms. The van der Waals surface area contributed by atoms with E-state index in [4.69, 9.17) is 10.5 Å². The van der Waals surface area contributed by atoms with E-state index in [-0.39, 0.29) is 24.4 Å². The number of fused-ring (bicyclic) bond motifs is 2. The monoisotopic (exact) mass is 257 g/mol. The molecule has 0 aliphatic heterocycles. The minimum Gasteiger partial charge on any atom is -0.315 e. The third-order valence-electron chi connectivity index (χ3n) is 5.11. The smallest absolute Gasteiger partial charge is 0.234 e. The van der Waals surface area contributed by atoms with Gasteiger partial charge < -0.3 is 4.90 Å². The summed E-state index contributed by atoms with van der Waals surface area (Å²) in [5.74, 6) is 0.420. The number of nitriles is 2. The quantitative estimate of drug-likeness (QED) is 0.575. The number of carbonyl (C=O) groups excluding carboxylic acids is 1. The Bertz CT molecular complexity index is 492. The third kappa shape index (κ3) is 1.75. The van der Waals surface area contributed by atoms with Gasteiger partial charge >= 0.3 is 0 Å². The standard InChI is InChI=1S/C15H19N3O/c1-11-14(2,3)12-4-5-15(11,10-12)13(19)18(8-6-16)9-7-17/h12H,1,4-5,8-10H2,2-3H3/t12-,15-/m0/s1. The van der Waals surface area contributed by atoms with Crippen LogP contribution in [0.1, 0.15) is 33.1 Å². The van der Waals surface area contributed by atoms with Crippen molar-refractivity contribution in [1.29, 1.82) is 10.5 Å². The maximum absolute atomic E-state index is 12.8. The number of hydrogen-bond donors (Lipinski definition) is 0. The van der Waals surface area contributed by atoms with Gasteiger partial charge in [-0.25, -0.2) is 0 Å². The minimum atomic E-state index is -0.526. The zero-order valence-corrected chi connectivity index (χ0v) is 11.6. The van der Waals surface area contributed by atoms with Crippen LogP contribution in [0, 0.1) is 39.4 Å². The highest BCUT2D eigenvalue weighted by Gasteiger charge is 2.61. The van der Waals surface area contributed by atoms with Crippen LogP contribution in [-0.2, 0) is 4.79 Å². The maximum atomic E-state index is 12.8. The van der Waals surface area contributed by atoms with Crippen molar-refractivity contribution in [2.75, 3.05) is 13.1 Å². The molecule has 0 aromatic carbocycles. The number of nitrogens with zero attached hydrogens (tertiary/aromatic N) is 3. The summed E-state index contributed by atoms with van der Waals surface area (Å²) >= 11 is 0. The van der Waals surface area contributed by atoms with Crippen molar-refractivity contribution in [3.63, 3.8) is 0 Å². The lowest BCUT2D eigenvalue weighted by molar-refractivity contribution is -0.138. The average Bonchev–Trinajstić information content (AvgIpc) is 2.89. The van der Waals surface area contributed by atoms with E-state index in [1.54, 1.807) is 0 Å². The van der Waals surface area contributed by atoms with Crippen molar-refractivity contribution in [1.82, 2.24) is 4.90 Å². The predicted octanol–water partition coefficient (Wildman–Crippen LogP) is 2.24. The Kier molecular flexibility index (Phi) is 3.14. The zero-order chi connectivity index (χ0) is 14.3. The number of hydrogen-bond acceptors (Lipinski definition) is 3. The van der Waals surface area contributed by atoms with Crippen molar-refractivity contribution < 1.29 is 4.79 Å². The summed E-state index contributed by atoms with van der Waals surface area (Å²) in [6.45, 7) is 8.42. The van der Waals surface area contributed by atoms with Gasteiger partial charge in [-0.1, -0.05) is 26.0 Å². The molecule has 2 fully saturated rings. The zero-order valence-electron chi connectivity index (χ0n) is 11.6. The average molecular weight is 257 g/mol. The van der Waals surface area contributed by atoms with Gasteiger partial charge in [0.1, 0.15) is 13.1 Å².